The molecule has 1 N–H and O–H groups in total. The fourth-order valence-corrected chi connectivity index (χ4v) is 3.87. The number of hydrogen-bond donors (Lipinski definition) is 1. The summed E-state index contributed by atoms with van der Waals surface area (Å²) in [6.45, 7) is 4.31. The molecule has 0 bridgehead atoms. The molecule has 2 aromatic carbocycles. The summed E-state index contributed by atoms with van der Waals surface area (Å²) in [6.07, 6.45) is 1.90. The number of benzene rings is 2. The van der Waals surface area contributed by atoms with Crippen molar-refractivity contribution in [2.45, 2.75) is 26.3 Å². The number of ether oxygens (including phenoxy) is 1. The van der Waals surface area contributed by atoms with E-state index in [4.69, 9.17) is 16.3 Å². The van der Waals surface area contributed by atoms with Gasteiger partial charge in [-0.1, -0.05) is 17.7 Å². The molecule has 0 aromatic heterocycles. The number of ketones is 1. The number of piperidine rings is 1. The van der Waals surface area contributed by atoms with Gasteiger partial charge < -0.3 is 9.84 Å². The summed E-state index contributed by atoms with van der Waals surface area (Å²) in [7, 11) is 1.60. The molecule has 0 aliphatic carbocycles. The second kappa shape index (κ2) is 8.11. The lowest BCUT2D eigenvalue weighted by atomic mass is 9.88. The molecule has 1 atom stereocenters. The summed E-state index contributed by atoms with van der Waals surface area (Å²) >= 11 is 6.01. The molecule has 2 aromatic rings. The van der Waals surface area contributed by atoms with Gasteiger partial charge in [0.2, 0.25) is 0 Å². The van der Waals surface area contributed by atoms with Crippen LogP contribution in [0.3, 0.4) is 0 Å². The molecule has 1 fully saturated rings. The second-order valence-corrected chi connectivity index (χ2v) is 7.33. The van der Waals surface area contributed by atoms with E-state index >= 15 is 0 Å². The number of likely N-dealkylation sites (tertiary alicyclic amines) is 1. The minimum atomic E-state index is -0.00765. The molecule has 26 heavy (non-hydrogen) atoms. The zero-order chi connectivity index (χ0) is 18.7. The molecule has 0 unspecified atom stereocenters. The van der Waals surface area contributed by atoms with E-state index < -0.39 is 0 Å². The predicted molar refractivity (Wildman–Crippen MR) is 103 cm³/mol. The van der Waals surface area contributed by atoms with Crippen molar-refractivity contribution in [1.29, 1.82) is 0 Å². The number of halogens is 1. The normalized spacial score (nSPS) is 17.9. The van der Waals surface area contributed by atoms with Crippen molar-refractivity contribution in [3.05, 3.63) is 58.1 Å². The number of phenolic OH excluding ortho intramolecular Hbond substituents is 1. The van der Waals surface area contributed by atoms with Gasteiger partial charge in [-0.15, -0.1) is 0 Å². The van der Waals surface area contributed by atoms with Gasteiger partial charge in [0, 0.05) is 41.2 Å². The summed E-state index contributed by atoms with van der Waals surface area (Å²) in [5, 5.41) is 10.3. The third-order valence-corrected chi connectivity index (χ3v) is 5.23. The predicted octanol–water partition coefficient (Wildman–Crippen LogP) is 4.46. The number of aryl methyl sites for hydroxylation is 1. The number of phenols is 1. The van der Waals surface area contributed by atoms with E-state index in [1.807, 2.05) is 25.1 Å². The Hall–Kier alpha value is -2.04. The fourth-order valence-electron chi connectivity index (χ4n) is 3.64. The van der Waals surface area contributed by atoms with E-state index in [0.29, 0.717) is 17.3 Å². The Morgan fingerprint density at radius 3 is 2.85 bits per heavy atom. The van der Waals surface area contributed by atoms with Gasteiger partial charge >= 0.3 is 0 Å². The van der Waals surface area contributed by atoms with Crippen LogP contribution in [0.1, 0.15) is 34.3 Å². The molecule has 1 aliphatic heterocycles. The van der Waals surface area contributed by atoms with Gasteiger partial charge in [0.1, 0.15) is 11.5 Å². The molecule has 5 heteroatoms. The zero-order valence-electron chi connectivity index (χ0n) is 15.2. The number of Topliss-reactive ketones (excluding diaryl/α,β-unsaturated/α-hetero) is 1. The number of hydrogen-bond acceptors (Lipinski definition) is 4. The van der Waals surface area contributed by atoms with E-state index in [0.717, 1.165) is 42.6 Å². The molecular weight excluding hydrogens is 350 g/mol. The monoisotopic (exact) mass is 373 g/mol. The van der Waals surface area contributed by atoms with Crippen molar-refractivity contribution in [2.75, 3.05) is 20.2 Å². The Bertz CT molecular complexity index is 806. The van der Waals surface area contributed by atoms with Gasteiger partial charge in [-0.3, -0.25) is 9.69 Å². The maximum atomic E-state index is 13.0. The molecule has 0 saturated carbocycles. The Balaban J connectivity index is 1.72. The number of carbonyl (C=O) groups is 1. The first-order valence-electron chi connectivity index (χ1n) is 8.86. The molecule has 4 nitrogen and oxygen atoms in total. The largest absolute Gasteiger partial charge is 0.508 e. The molecule has 0 radical (unpaired) electrons. The molecule has 138 valence electrons. The second-order valence-electron chi connectivity index (χ2n) is 6.89. The first kappa shape index (κ1) is 18.7. The summed E-state index contributed by atoms with van der Waals surface area (Å²) in [4.78, 5) is 15.3. The van der Waals surface area contributed by atoms with E-state index in [2.05, 4.69) is 4.90 Å². The van der Waals surface area contributed by atoms with E-state index in [9.17, 15) is 9.90 Å². The van der Waals surface area contributed by atoms with Gasteiger partial charge in [-0.25, -0.2) is 0 Å². The van der Waals surface area contributed by atoms with Gasteiger partial charge in [0.15, 0.2) is 5.78 Å². The van der Waals surface area contributed by atoms with Crippen molar-refractivity contribution in [3.63, 3.8) is 0 Å². The van der Waals surface area contributed by atoms with Crippen molar-refractivity contribution in [2.24, 2.45) is 5.92 Å². The topological polar surface area (TPSA) is 49.8 Å². The van der Waals surface area contributed by atoms with Crippen LogP contribution >= 0.6 is 11.6 Å². The Morgan fingerprint density at radius 1 is 1.31 bits per heavy atom. The van der Waals surface area contributed by atoms with E-state index in [1.54, 1.807) is 25.3 Å². The van der Waals surface area contributed by atoms with Crippen molar-refractivity contribution >= 4 is 17.4 Å². The quantitative estimate of drug-likeness (QED) is 0.786. The van der Waals surface area contributed by atoms with Crippen molar-refractivity contribution < 1.29 is 14.6 Å². The van der Waals surface area contributed by atoms with Crippen LogP contribution in [0.5, 0.6) is 11.5 Å². The molecule has 1 heterocycles. The van der Waals surface area contributed by atoms with Crippen molar-refractivity contribution in [3.8, 4) is 11.5 Å². The first-order valence-corrected chi connectivity index (χ1v) is 9.24. The molecule has 0 amide bonds. The minimum Gasteiger partial charge on any atom is -0.508 e. The van der Waals surface area contributed by atoms with E-state index in [1.165, 1.54) is 0 Å². The zero-order valence-corrected chi connectivity index (χ0v) is 15.9. The molecule has 0 spiro atoms. The number of carbonyl (C=O) groups excluding carboxylic acids is 1. The fraction of sp³-hybridized carbons (Fsp3) is 0.381. The number of nitrogens with zero attached hydrogens (tertiary/aromatic N) is 1. The SMILES string of the molecule is COc1cc(O)ccc1CN1CCC[C@@H](C(=O)c2ccc(Cl)cc2C)C1. The molecular formula is C21H24ClNO3. The van der Waals surface area contributed by atoms with Crippen molar-refractivity contribution in [1.82, 2.24) is 4.90 Å². The highest BCUT2D eigenvalue weighted by Crippen LogP contribution is 2.28. The maximum absolute atomic E-state index is 13.0. The van der Waals surface area contributed by atoms with Crippen LogP contribution in [-0.2, 0) is 6.54 Å². The van der Waals surface area contributed by atoms with Crippen LogP contribution in [-0.4, -0.2) is 36.0 Å². The van der Waals surface area contributed by atoms with Gasteiger partial charge in [0.05, 0.1) is 7.11 Å². The lowest BCUT2D eigenvalue weighted by Crippen LogP contribution is -2.38. The highest BCUT2D eigenvalue weighted by Gasteiger charge is 2.27. The van der Waals surface area contributed by atoms with E-state index in [-0.39, 0.29) is 17.5 Å². The summed E-state index contributed by atoms with van der Waals surface area (Å²) in [5.41, 5.74) is 2.71. The minimum absolute atomic E-state index is 0.00765. The van der Waals surface area contributed by atoms with Crippen LogP contribution in [0, 0.1) is 12.8 Å². The van der Waals surface area contributed by atoms with Gasteiger partial charge in [-0.2, -0.15) is 0 Å². The summed E-state index contributed by atoms with van der Waals surface area (Å²) in [5.74, 6) is 1.05. The standard InChI is InChI=1S/C21H24ClNO3/c1-14-10-17(22)6-8-19(14)21(25)16-4-3-9-23(13-16)12-15-5-7-18(24)11-20(15)26-2/h5-8,10-11,16,24H,3-4,9,12-13H2,1-2H3/t16-/m1/s1. The summed E-state index contributed by atoms with van der Waals surface area (Å²) < 4.78 is 5.37. The average Bonchev–Trinajstić information content (AvgIpc) is 2.63. The number of methoxy groups -OCH3 is 1. The van der Waals surface area contributed by atoms with Crippen LogP contribution in [0.25, 0.3) is 0 Å². The average molecular weight is 374 g/mol. The molecule has 1 saturated heterocycles. The Morgan fingerprint density at radius 2 is 2.12 bits per heavy atom. The van der Waals surface area contributed by atoms with Gasteiger partial charge in [0.25, 0.3) is 0 Å². The lowest BCUT2D eigenvalue weighted by molar-refractivity contribution is 0.0810. The number of rotatable bonds is 5. The van der Waals surface area contributed by atoms with Gasteiger partial charge in [-0.05, 0) is 56.1 Å². The lowest BCUT2D eigenvalue weighted by Gasteiger charge is -2.32. The first-order chi connectivity index (χ1) is 12.5. The maximum Gasteiger partial charge on any atom is 0.167 e. The molecule has 1 aliphatic rings. The highest BCUT2D eigenvalue weighted by atomic mass is 35.5. The third-order valence-electron chi connectivity index (χ3n) is 4.99. The van der Waals surface area contributed by atoms with Crippen LogP contribution in [0.2, 0.25) is 5.02 Å². The molecule has 3 rings (SSSR count). The van der Waals surface area contributed by atoms with Crippen LogP contribution in [0.15, 0.2) is 36.4 Å². The Labute approximate surface area is 159 Å². The number of aromatic hydroxyl groups is 1. The van der Waals surface area contributed by atoms with Crippen LogP contribution in [0.4, 0.5) is 0 Å². The van der Waals surface area contributed by atoms with Crippen LogP contribution < -0.4 is 4.74 Å². The highest BCUT2D eigenvalue weighted by molar-refractivity contribution is 6.30. The summed E-state index contributed by atoms with van der Waals surface area (Å²) in [6, 6.07) is 10.6. The smallest absolute Gasteiger partial charge is 0.167 e. The third kappa shape index (κ3) is 4.19. The Kier molecular flexibility index (Phi) is 5.84.